The van der Waals surface area contributed by atoms with Gasteiger partial charge < -0.3 is 4.79 Å². The van der Waals surface area contributed by atoms with Crippen molar-refractivity contribution in [3.8, 4) is 0 Å². The highest BCUT2D eigenvalue weighted by molar-refractivity contribution is 5.65. The van der Waals surface area contributed by atoms with Crippen LogP contribution in [0.3, 0.4) is 0 Å². The Bertz CT molecular complexity index is 446. The number of hydrogen-bond donors (Lipinski definition) is 0. The van der Waals surface area contributed by atoms with Crippen LogP contribution in [0.25, 0.3) is 0 Å². The van der Waals surface area contributed by atoms with Crippen molar-refractivity contribution in [1.29, 1.82) is 0 Å². The molecule has 0 bridgehead atoms. The van der Waals surface area contributed by atoms with Crippen molar-refractivity contribution in [3.63, 3.8) is 0 Å². The van der Waals surface area contributed by atoms with Gasteiger partial charge in [-0.1, -0.05) is 52.8 Å². The van der Waals surface area contributed by atoms with Gasteiger partial charge >= 0.3 is 0 Å². The first-order valence-corrected chi connectivity index (χ1v) is 7.55. The third-order valence-electron chi connectivity index (χ3n) is 4.81. The fraction of sp³-hybridized carbons (Fsp3) is 0.611. The monoisotopic (exact) mass is 258 g/mol. The van der Waals surface area contributed by atoms with E-state index in [4.69, 9.17) is 0 Å². The van der Waals surface area contributed by atoms with E-state index in [1.807, 2.05) is 0 Å². The Morgan fingerprint density at radius 3 is 2.00 bits per heavy atom. The summed E-state index contributed by atoms with van der Waals surface area (Å²) in [6.45, 7) is 11.2. The summed E-state index contributed by atoms with van der Waals surface area (Å²) in [7, 11) is 0. The average Bonchev–Trinajstić information content (AvgIpc) is 3.13. The molecule has 2 atom stereocenters. The van der Waals surface area contributed by atoms with E-state index >= 15 is 0 Å². The van der Waals surface area contributed by atoms with Crippen LogP contribution < -0.4 is 0 Å². The molecule has 1 aliphatic rings. The van der Waals surface area contributed by atoms with Gasteiger partial charge in [-0.15, -0.1) is 0 Å². The molecule has 1 saturated carbocycles. The molecule has 0 heterocycles. The van der Waals surface area contributed by atoms with Crippen molar-refractivity contribution in [3.05, 3.63) is 34.9 Å². The summed E-state index contributed by atoms with van der Waals surface area (Å²) in [5.41, 5.74) is 4.34. The van der Waals surface area contributed by atoms with E-state index in [1.54, 1.807) is 0 Å². The Labute approximate surface area is 117 Å². The number of carbonyl (C=O) groups excluding carboxylic acids is 1. The summed E-state index contributed by atoms with van der Waals surface area (Å²) in [6.07, 6.45) is 3.25. The minimum Gasteiger partial charge on any atom is -0.303 e. The summed E-state index contributed by atoms with van der Waals surface area (Å²) < 4.78 is 0. The first kappa shape index (κ1) is 14.3. The van der Waals surface area contributed by atoms with Gasteiger partial charge in [0.05, 0.1) is 0 Å². The number of aldehydes is 1. The molecule has 0 saturated heterocycles. The molecule has 0 N–H and O–H groups in total. The molecule has 0 amide bonds. The highest BCUT2D eigenvalue weighted by Gasteiger charge is 2.53. The smallest absolute Gasteiger partial charge is 0.123 e. The minimum absolute atomic E-state index is 0.135. The van der Waals surface area contributed by atoms with Crippen molar-refractivity contribution < 1.29 is 4.79 Å². The molecule has 1 aromatic carbocycles. The first-order chi connectivity index (χ1) is 8.94. The lowest BCUT2D eigenvalue weighted by molar-refractivity contribution is -0.109. The van der Waals surface area contributed by atoms with Crippen LogP contribution in [0.15, 0.2) is 18.2 Å². The zero-order valence-corrected chi connectivity index (χ0v) is 12.9. The van der Waals surface area contributed by atoms with Crippen LogP contribution in [-0.4, -0.2) is 6.29 Å². The number of carbonyl (C=O) groups is 1. The van der Waals surface area contributed by atoms with E-state index in [0.29, 0.717) is 11.8 Å². The van der Waals surface area contributed by atoms with Gasteiger partial charge in [0.2, 0.25) is 0 Å². The third kappa shape index (κ3) is 2.48. The van der Waals surface area contributed by atoms with Crippen LogP contribution in [0.5, 0.6) is 0 Å². The van der Waals surface area contributed by atoms with Crippen molar-refractivity contribution >= 4 is 6.29 Å². The normalized spacial score (nSPS) is 25.9. The predicted molar refractivity (Wildman–Crippen MR) is 80.8 cm³/mol. The second-order valence-corrected chi connectivity index (χ2v) is 6.65. The SMILES string of the molecule is CCC1(c2cc(C(C)C)cc(C(C)C)c2)CC1C=O. The van der Waals surface area contributed by atoms with E-state index in [2.05, 4.69) is 52.8 Å². The molecule has 0 radical (unpaired) electrons. The molecule has 19 heavy (non-hydrogen) atoms. The Hall–Kier alpha value is -1.11. The summed E-state index contributed by atoms with van der Waals surface area (Å²) >= 11 is 0. The molecule has 104 valence electrons. The molecule has 0 aliphatic heterocycles. The standard InChI is InChI=1S/C18H26O/c1-6-18(10-17(18)11-19)16-8-14(12(2)3)7-15(9-16)13(4)5/h7-9,11-13,17H,6,10H2,1-5H3. The van der Waals surface area contributed by atoms with Gasteiger partial charge in [0.1, 0.15) is 6.29 Å². The summed E-state index contributed by atoms with van der Waals surface area (Å²) in [5.74, 6) is 1.32. The summed E-state index contributed by atoms with van der Waals surface area (Å²) in [4.78, 5) is 11.2. The zero-order valence-electron chi connectivity index (χ0n) is 12.9. The predicted octanol–water partition coefficient (Wildman–Crippen LogP) is 4.80. The minimum atomic E-state index is 0.135. The Balaban J connectivity index is 2.48. The lowest BCUT2D eigenvalue weighted by Gasteiger charge is -2.20. The Morgan fingerprint density at radius 1 is 1.16 bits per heavy atom. The molecule has 1 aromatic rings. The third-order valence-corrected chi connectivity index (χ3v) is 4.81. The second kappa shape index (κ2) is 5.11. The number of hydrogen-bond acceptors (Lipinski definition) is 1. The van der Waals surface area contributed by atoms with Gasteiger partial charge in [-0.25, -0.2) is 0 Å². The molecule has 2 unspecified atom stereocenters. The molecule has 0 aromatic heterocycles. The molecule has 1 nitrogen and oxygen atoms in total. The zero-order chi connectivity index (χ0) is 14.2. The number of benzene rings is 1. The van der Waals surface area contributed by atoms with E-state index < -0.39 is 0 Å². The summed E-state index contributed by atoms with van der Waals surface area (Å²) in [5, 5.41) is 0. The molecular formula is C18H26O. The van der Waals surface area contributed by atoms with E-state index in [-0.39, 0.29) is 11.3 Å². The second-order valence-electron chi connectivity index (χ2n) is 6.65. The Morgan fingerprint density at radius 2 is 1.68 bits per heavy atom. The lowest BCUT2D eigenvalue weighted by Crippen LogP contribution is -2.11. The van der Waals surface area contributed by atoms with Gasteiger partial charge in [-0.05, 0) is 41.4 Å². The first-order valence-electron chi connectivity index (χ1n) is 7.55. The topological polar surface area (TPSA) is 17.1 Å². The van der Waals surface area contributed by atoms with Crippen LogP contribution in [-0.2, 0) is 10.2 Å². The molecule has 2 rings (SSSR count). The van der Waals surface area contributed by atoms with Crippen molar-refractivity contribution in [2.45, 2.75) is 64.7 Å². The quantitative estimate of drug-likeness (QED) is 0.693. The number of rotatable bonds is 5. The molecular weight excluding hydrogens is 232 g/mol. The molecule has 0 spiro atoms. The fourth-order valence-electron chi connectivity index (χ4n) is 3.09. The van der Waals surface area contributed by atoms with Gasteiger partial charge in [-0.2, -0.15) is 0 Å². The maximum Gasteiger partial charge on any atom is 0.123 e. The van der Waals surface area contributed by atoms with Gasteiger partial charge in [0.15, 0.2) is 0 Å². The van der Waals surface area contributed by atoms with Crippen molar-refractivity contribution in [2.24, 2.45) is 5.92 Å². The van der Waals surface area contributed by atoms with Crippen LogP contribution in [0.2, 0.25) is 0 Å². The maximum atomic E-state index is 11.2. The van der Waals surface area contributed by atoms with Crippen molar-refractivity contribution in [2.75, 3.05) is 0 Å². The highest BCUT2D eigenvalue weighted by atomic mass is 16.1. The van der Waals surface area contributed by atoms with Crippen LogP contribution in [0.1, 0.15) is 76.0 Å². The fourth-order valence-corrected chi connectivity index (χ4v) is 3.09. The van der Waals surface area contributed by atoms with E-state index in [1.165, 1.54) is 16.7 Å². The molecule has 1 aliphatic carbocycles. The largest absolute Gasteiger partial charge is 0.303 e. The van der Waals surface area contributed by atoms with Gasteiger partial charge in [-0.3, -0.25) is 0 Å². The molecule has 1 fully saturated rings. The lowest BCUT2D eigenvalue weighted by atomic mass is 9.84. The van der Waals surface area contributed by atoms with Crippen LogP contribution >= 0.6 is 0 Å². The van der Waals surface area contributed by atoms with Crippen LogP contribution in [0, 0.1) is 5.92 Å². The highest BCUT2D eigenvalue weighted by Crippen LogP contribution is 2.56. The van der Waals surface area contributed by atoms with Crippen molar-refractivity contribution in [1.82, 2.24) is 0 Å². The van der Waals surface area contributed by atoms with E-state index in [9.17, 15) is 4.79 Å². The Kier molecular flexibility index (Phi) is 3.85. The molecule has 1 heteroatoms. The van der Waals surface area contributed by atoms with Crippen LogP contribution in [0.4, 0.5) is 0 Å². The average molecular weight is 258 g/mol. The summed E-state index contributed by atoms with van der Waals surface area (Å²) in [6, 6.07) is 7.01. The van der Waals surface area contributed by atoms with Gasteiger partial charge in [0, 0.05) is 11.3 Å². The van der Waals surface area contributed by atoms with E-state index in [0.717, 1.165) is 19.1 Å². The van der Waals surface area contributed by atoms with Gasteiger partial charge in [0.25, 0.3) is 0 Å². The maximum absolute atomic E-state index is 11.2.